The zero-order chi connectivity index (χ0) is 18.0. The van der Waals surface area contributed by atoms with Gasteiger partial charge in [-0.1, -0.05) is 0 Å². The molecule has 6 nitrogen and oxygen atoms in total. The number of fused-ring (bicyclic) bond motifs is 1. The molecule has 0 N–H and O–H groups in total. The lowest BCUT2D eigenvalue weighted by Crippen LogP contribution is -2.38. The molecule has 0 radical (unpaired) electrons. The summed E-state index contributed by atoms with van der Waals surface area (Å²) in [6, 6.07) is 5.40. The highest BCUT2D eigenvalue weighted by atomic mass is 16.6. The van der Waals surface area contributed by atoms with Crippen LogP contribution in [0.2, 0.25) is 0 Å². The van der Waals surface area contributed by atoms with Crippen LogP contribution >= 0.6 is 0 Å². The third-order valence-electron chi connectivity index (χ3n) is 4.45. The van der Waals surface area contributed by atoms with Gasteiger partial charge in [-0.15, -0.1) is 0 Å². The lowest BCUT2D eigenvalue weighted by molar-refractivity contribution is -0.138. The van der Waals surface area contributed by atoms with E-state index in [0.717, 1.165) is 37.1 Å². The molecule has 1 saturated heterocycles. The van der Waals surface area contributed by atoms with Crippen molar-refractivity contribution in [3.05, 3.63) is 29.5 Å². The molecule has 0 unspecified atom stereocenters. The van der Waals surface area contributed by atoms with Crippen molar-refractivity contribution < 1.29 is 23.5 Å². The summed E-state index contributed by atoms with van der Waals surface area (Å²) in [5.74, 6) is 0.0751. The summed E-state index contributed by atoms with van der Waals surface area (Å²) in [6.07, 6.45) is 1.17. The van der Waals surface area contributed by atoms with Gasteiger partial charge in [-0.2, -0.15) is 0 Å². The highest BCUT2D eigenvalue weighted by molar-refractivity contribution is 5.97. The number of rotatable bonds is 5. The Balaban J connectivity index is 1.77. The van der Waals surface area contributed by atoms with Crippen molar-refractivity contribution in [1.29, 1.82) is 0 Å². The minimum absolute atomic E-state index is 0.129. The quantitative estimate of drug-likeness (QED) is 0.778. The summed E-state index contributed by atoms with van der Waals surface area (Å²) in [6.45, 7) is 7.32. The maximum absolute atomic E-state index is 12.5. The van der Waals surface area contributed by atoms with E-state index in [1.54, 1.807) is 30.9 Å². The number of hydrogen-bond acceptors (Lipinski definition) is 5. The minimum atomic E-state index is -0.822. The van der Waals surface area contributed by atoms with Crippen LogP contribution in [0.3, 0.4) is 0 Å². The summed E-state index contributed by atoms with van der Waals surface area (Å²) in [4.78, 5) is 26.5. The van der Waals surface area contributed by atoms with E-state index in [-0.39, 0.29) is 11.7 Å². The molecule has 0 spiro atoms. The van der Waals surface area contributed by atoms with E-state index in [4.69, 9.17) is 13.9 Å². The Morgan fingerprint density at radius 2 is 2.00 bits per heavy atom. The monoisotopic (exact) mass is 345 g/mol. The number of benzene rings is 1. The van der Waals surface area contributed by atoms with Gasteiger partial charge in [-0.3, -0.25) is 4.79 Å². The number of hydrogen-bond donors (Lipinski definition) is 0. The van der Waals surface area contributed by atoms with Gasteiger partial charge < -0.3 is 18.8 Å². The Kier molecular flexibility index (Phi) is 4.97. The largest absolute Gasteiger partial charge is 0.494 e. The normalized spacial score (nSPS) is 15.4. The van der Waals surface area contributed by atoms with Gasteiger partial charge in [0.1, 0.15) is 11.3 Å². The molecule has 0 saturated carbocycles. The molecule has 1 atom stereocenters. The van der Waals surface area contributed by atoms with Crippen molar-refractivity contribution in [2.75, 3.05) is 19.7 Å². The Labute approximate surface area is 146 Å². The number of likely N-dealkylation sites (tertiary alicyclic amines) is 1. The molecule has 2 aromatic rings. The van der Waals surface area contributed by atoms with Crippen LogP contribution in [0.5, 0.6) is 5.75 Å². The van der Waals surface area contributed by atoms with Crippen molar-refractivity contribution in [3.63, 3.8) is 0 Å². The first-order chi connectivity index (χ1) is 12.0. The molecular formula is C19H23NO5. The smallest absolute Gasteiger partial charge is 0.375 e. The molecule has 1 amide bonds. The van der Waals surface area contributed by atoms with E-state index in [2.05, 4.69) is 0 Å². The lowest BCUT2D eigenvalue weighted by Gasteiger charge is -2.20. The van der Waals surface area contributed by atoms with Crippen LogP contribution in [-0.2, 0) is 9.53 Å². The predicted molar refractivity (Wildman–Crippen MR) is 92.8 cm³/mol. The molecule has 6 heteroatoms. The summed E-state index contributed by atoms with van der Waals surface area (Å²) < 4.78 is 16.5. The number of esters is 1. The summed E-state index contributed by atoms with van der Waals surface area (Å²) >= 11 is 0. The second-order valence-electron chi connectivity index (χ2n) is 6.23. The zero-order valence-electron chi connectivity index (χ0n) is 14.8. The highest BCUT2D eigenvalue weighted by Crippen LogP contribution is 2.29. The Hall–Kier alpha value is -2.50. The molecule has 1 fully saturated rings. The van der Waals surface area contributed by atoms with Crippen LogP contribution in [0.1, 0.15) is 42.8 Å². The number of nitrogens with zero attached hydrogens (tertiary/aromatic N) is 1. The van der Waals surface area contributed by atoms with E-state index in [9.17, 15) is 9.59 Å². The van der Waals surface area contributed by atoms with Gasteiger partial charge in [0.05, 0.1) is 6.61 Å². The van der Waals surface area contributed by atoms with Gasteiger partial charge in [0.25, 0.3) is 5.91 Å². The van der Waals surface area contributed by atoms with Crippen molar-refractivity contribution in [3.8, 4) is 5.75 Å². The van der Waals surface area contributed by atoms with Crippen LogP contribution in [-0.4, -0.2) is 42.6 Å². The SMILES string of the molecule is CCOc1ccc2oc(C(=O)O[C@H](C)C(=O)N3CCCC3)c(C)c2c1. The maximum atomic E-state index is 12.5. The Morgan fingerprint density at radius 1 is 1.28 bits per heavy atom. The predicted octanol–water partition coefficient (Wildman–Crippen LogP) is 3.31. The number of furan rings is 1. The molecular weight excluding hydrogens is 322 g/mol. The van der Waals surface area contributed by atoms with E-state index in [1.165, 1.54) is 0 Å². The van der Waals surface area contributed by atoms with Crippen LogP contribution < -0.4 is 4.74 Å². The third kappa shape index (κ3) is 3.48. The molecule has 0 aliphatic carbocycles. The molecule has 1 aliphatic heterocycles. The van der Waals surface area contributed by atoms with Crippen LogP contribution in [0, 0.1) is 6.92 Å². The van der Waals surface area contributed by atoms with Gasteiger partial charge in [0.2, 0.25) is 5.76 Å². The zero-order valence-corrected chi connectivity index (χ0v) is 14.8. The molecule has 134 valence electrons. The molecule has 1 aromatic heterocycles. The summed E-state index contributed by atoms with van der Waals surface area (Å²) in [5, 5.41) is 0.802. The first kappa shape index (κ1) is 17.3. The standard InChI is InChI=1S/C19H23NO5/c1-4-23-14-7-8-16-15(11-14)12(2)17(25-16)19(22)24-13(3)18(21)20-9-5-6-10-20/h7-8,11,13H,4-6,9-10H2,1-3H3/t13-/m1/s1. The van der Waals surface area contributed by atoms with Crippen molar-refractivity contribution in [2.45, 2.75) is 39.7 Å². The van der Waals surface area contributed by atoms with Crippen LogP contribution in [0.4, 0.5) is 0 Å². The fourth-order valence-corrected chi connectivity index (χ4v) is 3.11. The topological polar surface area (TPSA) is 69.0 Å². The van der Waals surface area contributed by atoms with Gasteiger partial charge in [0, 0.05) is 24.0 Å². The number of ether oxygens (including phenoxy) is 2. The van der Waals surface area contributed by atoms with Gasteiger partial charge in [-0.05, 0) is 51.8 Å². The first-order valence-corrected chi connectivity index (χ1v) is 8.67. The Morgan fingerprint density at radius 3 is 2.68 bits per heavy atom. The molecule has 0 bridgehead atoms. The van der Waals surface area contributed by atoms with Gasteiger partial charge in [-0.25, -0.2) is 4.79 Å². The molecule has 1 aromatic carbocycles. The third-order valence-corrected chi connectivity index (χ3v) is 4.45. The second-order valence-corrected chi connectivity index (χ2v) is 6.23. The molecule has 1 aliphatic rings. The van der Waals surface area contributed by atoms with E-state index in [0.29, 0.717) is 17.8 Å². The molecule has 25 heavy (non-hydrogen) atoms. The van der Waals surface area contributed by atoms with Crippen molar-refractivity contribution in [2.24, 2.45) is 0 Å². The minimum Gasteiger partial charge on any atom is -0.494 e. The maximum Gasteiger partial charge on any atom is 0.375 e. The van der Waals surface area contributed by atoms with E-state index in [1.807, 2.05) is 13.0 Å². The fourth-order valence-electron chi connectivity index (χ4n) is 3.11. The van der Waals surface area contributed by atoms with E-state index < -0.39 is 12.1 Å². The summed E-state index contributed by atoms with van der Waals surface area (Å²) in [7, 11) is 0. The number of carbonyl (C=O) groups excluding carboxylic acids is 2. The average Bonchev–Trinajstić information content (AvgIpc) is 3.23. The lowest BCUT2D eigenvalue weighted by atomic mass is 10.1. The van der Waals surface area contributed by atoms with Gasteiger partial charge >= 0.3 is 5.97 Å². The second kappa shape index (κ2) is 7.17. The van der Waals surface area contributed by atoms with Crippen LogP contribution in [0.25, 0.3) is 11.0 Å². The molecule has 2 heterocycles. The average molecular weight is 345 g/mol. The highest BCUT2D eigenvalue weighted by Gasteiger charge is 2.28. The fraction of sp³-hybridized carbons (Fsp3) is 0.474. The number of carbonyl (C=O) groups is 2. The Bertz CT molecular complexity index is 788. The van der Waals surface area contributed by atoms with Crippen molar-refractivity contribution >= 4 is 22.8 Å². The van der Waals surface area contributed by atoms with E-state index >= 15 is 0 Å². The van der Waals surface area contributed by atoms with Crippen molar-refractivity contribution in [1.82, 2.24) is 4.90 Å². The van der Waals surface area contributed by atoms with Crippen LogP contribution in [0.15, 0.2) is 22.6 Å². The number of aryl methyl sites for hydroxylation is 1. The summed E-state index contributed by atoms with van der Waals surface area (Å²) in [5.41, 5.74) is 1.27. The number of amides is 1. The first-order valence-electron chi connectivity index (χ1n) is 8.67. The molecule has 3 rings (SSSR count). The van der Waals surface area contributed by atoms with Gasteiger partial charge in [0.15, 0.2) is 6.10 Å².